The van der Waals surface area contributed by atoms with Gasteiger partial charge in [0.25, 0.3) is 0 Å². The number of hydrogen-bond donors (Lipinski definition) is 0. The Kier molecular flexibility index (Phi) is 4.42. The van der Waals surface area contributed by atoms with Crippen LogP contribution in [0.5, 0.6) is 0 Å². The molecule has 0 atom stereocenters. The molecule has 0 aliphatic carbocycles. The van der Waals surface area contributed by atoms with E-state index in [0.717, 1.165) is 12.2 Å². The topological polar surface area (TPSA) is 27.0 Å². The van der Waals surface area contributed by atoms with Crippen molar-refractivity contribution < 1.29 is 0 Å². The summed E-state index contributed by atoms with van der Waals surface area (Å²) >= 11 is 0. The largest absolute Gasteiger partial charge is 0.370 e. The summed E-state index contributed by atoms with van der Waals surface area (Å²) in [5, 5.41) is 8.81. The number of benzene rings is 2. The number of nitrogens with zero attached hydrogens (tertiary/aromatic N) is 2. The molecule has 0 N–H and O–H groups in total. The Hall–Kier alpha value is -2.27. The van der Waals surface area contributed by atoms with E-state index < -0.39 is 0 Å². The lowest BCUT2D eigenvalue weighted by molar-refractivity contribution is 0.861. The lowest BCUT2D eigenvalue weighted by Gasteiger charge is -2.19. The molecule has 0 unspecified atom stereocenters. The molecule has 0 saturated carbocycles. The Morgan fingerprint density at radius 1 is 1.00 bits per heavy atom. The summed E-state index contributed by atoms with van der Waals surface area (Å²) in [7, 11) is 2.07. The lowest BCUT2D eigenvalue weighted by Crippen LogP contribution is -2.16. The molecule has 0 fully saturated rings. The molecule has 20 heavy (non-hydrogen) atoms. The highest BCUT2D eigenvalue weighted by atomic mass is 15.1. The zero-order valence-corrected chi connectivity index (χ0v) is 12.3. The highest BCUT2D eigenvalue weighted by Crippen LogP contribution is 2.18. The number of nitriles is 1. The van der Waals surface area contributed by atoms with Crippen LogP contribution in [-0.4, -0.2) is 7.05 Å². The van der Waals surface area contributed by atoms with Crippen LogP contribution in [0.15, 0.2) is 48.5 Å². The molecule has 2 nitrogen and oxygen atoms in total. The Labute approximate surface area is 121 Å². The van der Waals surface area contributed by atoms with Crippen molar-refractivity contribution in [2.75, 3.05) is 11.9 Å². The zero-order valence-electron chi connectivity index (χ0n) is 12.3. The minimum Gasteiger partial charge on any atom is -0.370 e. The highest BCUT2D eigenvalue weighted by Gasteiger charge is 2.04. The quantitative estimate of drug-likeness (QED) is 0.822. The smallest absolute Gasteiger partial charge is 0.0991 e. The Bertz CT molecular complexity index is 589. The Balaban J connectivity index is 2.06. The maximum absolute atomic E-state index is 8.81. The fraction of sp³-hybridized carbons (Fsp3) is 0.278. The summed E-state index contributed by atoms with van der Waals surface area (Å²) in [5.74, 6) is 0.570. The first-order valence-electron chi connectivity index (χ1n) is 6.90. The van der Waals surface area contributed by atoms with Crippen LogP contribution in [0.1, 0.15) is 36.5 Å². The summed E-state index contributed by atoms with van der Waals surface area (Å²) < 4.78 is 0. The molecule has 2 aromatic carbocycles. The average molecular weight is 264 g/mol. The van der Waals surface area contributed by atoms with E-state index in [2.05, 4.69) is 56.1 Å². The summed E-state index contributed by atoms with van der Waals surface area (Å²) in [5.41, 5.74) is 4.48. The molecule has 0 aromatic heterocycles. The summed E-state index contributed by atoms with van der Waals surface area (Å²) in [6, 6.07) is 18.6. The van der Waals surface area contributed by atoms with Crippen molar-refractivity contribution in [2.24, 2.45) is 0 Å². The van der Waals surface area contributed by atoms with Gasteiger partial charge in [-0.25, -0.2) is 0 Å². The standard InChI is InChI=1S/C18H20N2/c1-14(2)17-8-4-16(5-9-17)13-20(3)18-10-6-15(12-19)7-11-18/h4-11,14H,13H2,1-3H3. The van der Waals surface area contributed by atoms with Gasteiger partial charge in [0.1, 0.15) is 0 Å². The molecule has 0 saturated heterocycles. The van der Waals surface area contributed by atoms with Crippen LogP contribution in [-0.2, 0) is 6.54 Å². The summed E-state index contributed by atoms with van der Waals surface area (Å²) in [4.78, 5) is 2.19. The second-order valence-corrected chi connectivity index (χ2v) is 5.41. The monoisotopic (exact) mass is 264 g/mol. The fourth-order valence-electron chi connectivity index (χ4n) is 2.16. The maximum atomic E-state index is 8.81. The van der Waals surface area contributed by atoms with Gasteiger partial charge in [0, 0.05) is 19.3 Å². The average Bonchev–Trinajstić information content (AvgIpc) is 2.48. The molecule has 0 aliphatic heterocycles. The molecular formula is C18H20N2. The lowest BCUT2D eigenvalue weighted by atomic mass is 10.0. The first-order chi connectivity index (χ1) is 9.60. The predicted molar refractivity (Wildman–Crippen MR) is 83.8 cm³/mol. The van der Waals surface area contributed by atoms with Crippen molar-refractivity contribution in [1.29, 1.82) is 5.26 Å². The molecule has 0 heterocycles. The van der Waals surface area contributed by atoms with Crippen molar-refractivity contribution in [2.45, 2.75) is 26.3 Å². The normalized spacial score (nSPS) is 10.3. The van der Waals surface area contributed by atoms with E-state index in [1.165, 1.54) is 11.1 Å². The minimum atomic E-state index is 0.570. The third-order valence-corrected chi connectivity index (χ3v) is 3.50. The number of anilines is 1. The van der Waals surface area contributed by atoms with E-state index in [4.69, 9.17) is 5.26 Å². The molecule has 0 amide bonds. The molecular weight excluding hydrogens is 244 g/mol. The van der Waals surface area contributed by atoms with E-state index in [1.54, 1.807) is 0 Å². The second-order valence-electron chi connectivity index (χ2n) is 5.41. The van der Waals surface area contributed by atoms with Crippen LogP contribution in [0.25, 0.3) is 0 Å². The van der Waals surface area contributed by atoms with E-state index in [-0.39, 0.29) is 0 Å². The summed E-state index contributed by atoms with van der Waals surface area (Å²) in [6.07, 6.45) is 0. The predicted octanol–water partition coefficient (Wildman–Crippen LogP) is 4.32. The number of hydrogen-bond acceptors (Lipinski definition) is 2. The van der Waals surface area contributed by atoms with E-state index in [1.807, 2.05) is 24.3 Å². The molecule has 0 aliphatic rings. The third-order valence-electron chi connectivity index (χ3n) is 3.50. The molecule has 0 spiro atoms. The van der Waals surface area contributed by atoms with Crippen LogP contribution < -0.4 is 4.90 Å². The molecule has 0 bridgehead atoms. The van der Waals surface area contributed by atoms with Gasteiger partial charge in [-0.1, -0.05) is 38.1 Å². The van der Waals surface area contributed by atoms with Gasteiger partial charge < -0.3 is 4.90 Å². The van der Waals surface area contributed by atoms with E-state index >= 15 is 0 Å². The van der Waals surface area contributed by atoms with Crippen molar-refractivity contribution in [3.05, 3.63) is 65.2 Å². The third kappa shape index (κ3) is 3.39. The van der Waals surface area contributed by atoms with Crippen molar-refractivity contribution in [1.82, 2.24) is 0 Å². The van der Waals surface area contributed by atoms with Gasteiger partial charge >= 0.3 is 0 Å². The van der Waals surface area contributed by atoms with Crippen LogP contribution in [0.3, 0.4) is 0 Å². The molecule has 102 valence electrons. The second kappa shape index (κ2) is 6.25. The number of rotatable bonds is 4. The van der Waals surface area contributed by atoms with Crippen LogP contribution in [0.2, 0.25) is 0 Å². The van der Waals surface area contributed by atoms with Gasteiger partial charge in [0.2, 0.25) is 0 Å². The van der Waals surface area contributed by atoms with Crippen molar-refractivity contribution in [3.63, 3.8) is 0 Å². The SMILES string of the molecule is CC(C)c1ccc(CN(C)c2ccc(C#N)cc2)cc1. The molecule has 2 aromatic rings. The molecule has 2 heteroatoms. The molecule has 0 radical (unpaired) electrons. The highest BCUT2D eigenvalue weighted by molar-refractivity contribution is 5.49. The van der Waals surface area contributed by atoms with Gasteiger partial charge in [0.15, 0.2) is 0 Å². The van der Waals surface area contributed by atoms with Crippen LogP contribution in [0.4, 0.5) is 5.69 Å². The Morgan fingerprint density at radius 2 is 1.60 bits per heavy atom. The van der Waals surface area contributed by atoms with Crippen molar-refractivity contribution in [3.8, 4) is 6.07 Å². The van der Waals surface area contributed by atoms with E-state index in [9.17, 15) is 0 Å². The maximum Gasteiger partial charge on any atom is 0.0991 e. The molecule has 2 rings (SSSR count). The summed E-state index contributed by atoms with van der Waals surface area (Å²) in [6.45, 7) is 5.28. The fourth-order valence-corrected chi connectivity index (χ4v) is 2.16. The van der Waals surface area contributed by atoms with Crippen LogP contribution >= 0.6 is 0 Å². The van der Waals surface area contributed by atoms with Gasteiger partial charge in [-0.15, -0.1) is 0 Å². The first-order valence-corrected chi connectivity index (χ1v) is 6.90. The van der Waals surface area contributed by atoms with Gasteiger partial charge in [-0.2, -0.15) is 5.26 Å². The van der Waals surface area contributed by atoms with Gasteiger partial charge in [-0.3, -0.25) is 0 Å². The van der Waals surface area contributed by atoms with Gasteiger partial charge in [0.05, 0.1) is 11.6 Å². The zero-order chi connectivity index (χ0) is 14.5. The Morgan fingerprint density at radius 3 is 2.10 bits per heavy atom. The van der Waals surface area contributed by atoms with E-state index in [0.29, 0.717) is 11.5 Å². The van der Waals surface area contributed by atoms with Gasteiger partial charge in [-0.05, 0) is 41.3 Å². The first kappa shape index (κ1) is 14.1. The minimum absolute atomic E-state index is 0.570. The van der Waals surface area contributed by atoms with Crippen molar-refractivity contribution >= 4 is 5.69 Å². The van der Waals surface area contributed by atoms with Crippen LogP contribution in [0, 0.1) is 11.3 Å².